The quantitative estimate of drug-likeness (QED) is 0.105. The van der Waals surface area contributed by atoms with E-state index < -0.39 is 0 Å². The smallest absolute Gasteiger partial charge is 0.343 e. The van der Waals surface area contributed by atoms with Crippen molar-refractivity contribution in [2.24, 2.45) is 0 Å². The van der Waals surface area contributed by atoms with Crippen molar-refractivity contribution in [1.29, 1.82) is 0 Å². The number of carbonyl (C=O) groups is 1. The third-order valence-electron chi connectivity index (χ3n) is 6.60. The minimum absolute atomic E-state index is 0.336. The number of hydrogen-bond acceptors (Lipinski definition) is 4. The first-order chi connectivity index (χ1) is 18.2. The Hall–Kier alpha value is -2.98. The fraction of sp³-hybridized carbons (Fsp3) is 0.455. The SMILES string of the molecule is CCCCCCCCCc1ccc(C(=O)Oc2ccc(-c3ccc(COCCCCC)cn3)cc2)cc1. The molecule has 4 heteroatoms. The van der Waals surface area contributed by atoms with Gasteiger partial charge in [-0.25, -0.2) is 4.79 Å². The first kappa shape index (κ1) is 28.6. The summed E-state index contributed by atoms with van der Waals surface area (Å²) in [6.45, 7) is 5.82. The molecule has 3 aromatic rings. The Balaban J connectivity index is 1.42. The van der Waals surface area contributed by atoms with Crippen molar-refractivity contribution in [3.63, 3.8) is 0 Å². The van der Waals surface area contributed by atoms with Gasteiger partial charge in [0.05, 0.1) is 17.9 Å². The first-order valence-electron chi connectivity index (χ1n) is 14.1. The highest BCUT2D eigenvalue weighted by molar-refractivity contribution is 5.91. The zero-order valence-corrected chi connectivity index (χ0v) is 22.7. The Kier molecular flexibility index (Phi) is 12.9. The van der Waals surface area contributed by atoms with Crippen LogP contribution in [0.4, 0.5) is 0 Å². The van der Waals surface area contributed by atoms with Gasteiger partial charge in [-0.15, -0.1) is 0 Å². The molecular formula is C33H43NO3. The number of rotatable bonds is 17. The van der Waals surface area contributed by atoms with Crippen molar-refractivity contribution < 1.29 is 14.3 Å². The topological polar surface area (TPSA) is 48.4 Å². The number of esters is 1. The molecule has 1 heterocycles. The molecule has 1 aromatic heterocycles. The maximum atomic E-state index is 12.6. The van der Waals surface area contributed by atoms with Gasteiger partial charge in [-0.2, -0.15) is 0 Å². The van der Waals surface area contributed by atoms with Crippen molar-refractivity contribution in [1.82, 2.24) is 4.98 Å². The Morgan fingerprint density at radius 3 is 2.03 bits per heavy atom. The van der Waals surface area contributed by atoms with Crippen LogP contribution in [0.3, 0.4) is 0 Å². The Morgan fingerprint density at radius 2 is 1.35 bits per heavy atom. The summed E-state index contributed by atoms with van der Waals surface area (Å²) >= 11 is 0. The van der Waals surface area contributed by atoms with Crippen LogP contribution in [-0.4, -0.2) is 17.6 Å². The van der Waals surface area contributed by atoms with Crippen molar-refractivity contribution >= 4 is 5.97 Å². The van der Waals surface area contributed by atoms with Crippen LogP contribution in [0, 0.1) is 0 Å². The van der Waals surface area contributed by atoms with Crippen molar-refractivity contribution in [3.05, 3.63) is 83.6 Å². The number of benzene rings is 2. The van der Waals surface area contributed by atoms with Gasteiger partial charge in [-0.05, 0) is 72.9 Å². The molecule has 0 fully saturated rings. The van der Waals surface area contributed by atoms with Gasteiger partial charge >= 0.3 is 5.97 Å². The van der Waals surface area contributed by atoms with E-state index in [0.29, 0.717) is 17.9 Å². The second kappa shape index (κ2) is 16.7. The second-order valence-corrected chi connectivity index (χ2v) is 9.79. The maximum Gasteiger partial charge on any atom is 0.343 e. The van der Waals surface area contributed by atoms with Crippen molar-refractivity contribution in [2.75, 3.05) is 6.61 Å². The summed E-state index contributed by atoms with van der Waals surface area (Å²) in [5.74, 6) is 0.189. The number of carbonyl (C=O) groups excluding carboxylic acids is 1. The lowest BCUT2D eigenvalue weighted by Gasteiger charge is -2.08. The zero-order chi connectivity index (χ0) is 26.1. The monoisotopic (exact) mass is 501 g/mol. The van der Waals surface area contributed by atoms with E-state index in [2.05, 4.69) is 18.8 Å². The molecule has 0 unspecified atom stereocenters. The number of aromatic nitrogens is 1. The van der Waals surface area contributed by atoms with Crippen LogP contribution in [0.1, 0.15) is 99.5 Å². The highest BCUT2D eigenvalue weighted by atomic mass is 16.5. The number of unbranched alkanes of at least 4 members (excludes halogenated alkanes) is 8. The molecule has 0 N–H and O–H groups in total. The molecule has 0 saturated heterocycles. The fourth-order valence-electron chi connectivity index (χ4n) is 4.28. The molecule has 0 aliphatic carbocycles. The summed E-state index contributed by atoms with van der Waals surface area (Å²) in [6.07, 6.45) is 15.6. The van der Waals surface area contributed by atoms with Crippen LogP contribution in [0.15, 0.2) is 66.9 Å². The van der Waals surface area contributed by atoms with Crippen LogP contribution in [0.5, 0.6) is 5.75 Å². The van der Waals surface area contributed by atoms with Gasteiger partial charge in [-0.1, -0.05) is 83.4 Å². The molecule has 4 nitrogen and oxygen atoms in total. The molecule has 0 aliphatic heterocycles. The standard InChI is InChI=1S/C33H43NO3/c1-3-5-7-8-9-10-11-13-27-14-17-30(18-15-27)33(35)37-31-21-19-29(20-22-31)32-23-16-28(25-34-32)26-36-24-12-6-4-2/h14-23,25H,3-13,24,26H2,1-2H3. The third kappa shape index (κ3) is 10.5. The van der Waals surface area contributed by atoms with E-state index in [-0.39, 0.29) is 5.97 Å². The predicted octanol–water partition coefficient (Wildman–Crippen LogP) is 8.97. The summed E-state index contributed by atoms with van der Waals surface area (Å²) in [5.41, 5.74) is 4.77. The summed E-state index contributed by atoms with van der Waals surface area (Å²) < 4.78 is 11.3. The molecule has 198 valence electrons. The van der Waals surface area contributed by atoms with Crippen LogP contribution in [0.25, 0.3) is 11.3 Å². The molecule has 2 aromatic carbocycles. The van der Waals surface area contributed by atoms with Crippen molar-refractivity contribution in [2.45, 2.75) is 91.1 Å². The van der Waals surface area contributed by atoms with Crippen LogP contribution in [0.2, 0.25) is 0 Å². The number of nitrogens with zero attached hydrogens (tertiary/aromatic N) is 1. The van der Waals surface area contributed by atoms with E-state index in [9.17, 15) is 4.79 Å². The van der Waals surface area contributed by atoms with E-state index in [1.54, 1.807) is 0 Å². The molecule has 0 spiro atoms. The summed E-state index contributed by atoms with van der Waals surface area (Å²) in [5, 5.41) is 0. The minimum Gasteiger partial charge on any atom is -0.423 e. The molecule has 0 bridgehead atoms. The Bertz CT molecular complexity index is 1030. The predicted molar refractivity (Wildman–Crippen MR) is 152 cm³/mol. The van der Waals surface area contributed by atoms with E-state index in [1.807, 2.05) is 66.9 Å². The minimum atomic E-state index is -0.336. The highest BCUT2D eigenvalue weighted by Crippen LogP contribution is 2.22. The van der Waals surface area contributed by atoms with E-state index in [1.165, 1.54) is 63.4 Å². The van der Waals surface area contributed by atoms with Gasteiger partial charge in [0.25, 0.3) is 0 Å². The van der Waals surface area contributed by atoms with Crippen LogP contribution < -0.4 is 4.74 Å². The maximum absolute atomic E-state index is 12.6. The van der Waals surface area contributed by atoms with Gasteiger partial charge in [-0.3, -0.25) is 4.98 Å². The van der Waals surface area contributed by atoms with E-state index in [0.717, 1.165) is 36.3 Å². The third-order valence-corrected chi connectivity index (χ3v) is 6.60. The van der Waals surface area contributed by atoms with Crippen molar-refractivity contribution in [3.8, 4) is 17.0 Å². The van der Waals surface area contributed by atoms with Gasteiger partial charge in [0.1, 0.15) is 5.75 Å². The Labute approximate surface area is 223 Å². The molecule has 0 atom stereocenters. The van der Waals surface area contributed by atoms with Gasteiger partial charge < -0.3 is 9.47 Å². The average Bonchev–Trinajstić information content (AvgIpc) is 2.93. The lowest BCUT2D eigenvalue weighted by molar-refractivity contribution is 0.0734. The Morgan fingerprint density at radius 1 is 0.703 bits per heavy atom. The second-order valence-electron chi connectivity index (χ2n) is 9.79. The van der Waals surface area contributed by atoms with E-state index >= 15 is 0 Å². The fourth-order valence-corrected chi connectivity index (χ4v) is 4.28. The summed E-state index contributed by atoms with van der Waals surface area (Å²) in [7, 11) is 0. The normalized spacial score (nSPS) is 11.0. The first-order valence-corrected chi connectivity index (χ1v) is 14.1. The number of hydrogen-bond donors (Lipinski definition) is 0. The van der Waals surface area contributed by atoms with Gasteiger partial charge in [0.15, 0.2) is 0 Å². The van der Waals surface area contributed by atoms with Crippen LogP contribution in [-0.2, 0) is 17.8 Å². The molecule has 3 rings (SSSR count). The van der Waals surface area contributed by atoms with Gasteiger partial charge in [0.2, 0.25) is 0 Å². The number of aryl methyl sites for hydroxylation is 1. The lowest BCUT2D eigenvalue weighted by Crippen LogP contribution is -2.08. The van der Waals surface area contributed by atoms with Gasteiger partial charge in [0, 0.05) is 18.4 Å². The molecule has 0 amide bonds. The zero-order valence-electron chi connectivity index (χ0n) is 22.7. The number of pyridine rings is 1. The van der Waals surface area contributed by atoms with E-state index in [4.69, 9.17) is 9.47 Å². The highest BCUT2D eigenvalue weighted by Gasteiger charge is 2.09. The van der Waals surface area contributed by atoms with Crippen LogP contribution >= 0.6 is 0 Å². The summed E-state index contributed by atoms with van der Waals surface area (Å²) in [4.78, 5) is 17.2. The molecule has 0 radical (unpaired) electrons. The summed E-state index contributed by atoms with van der Waals surface area (Å²) in [6, 6.07) is 19.4. The molecular weight excluding hydrogens is 458 g/mol. The lowest BCUT2D eigenvalue weighted by atomic mass is 10.0. The molecule has 0 aliphatic rings. The largest absolute Gasteiger partial charge is 0.423 e. The molecule has 37 heavy (non-hydrogen) atoms. The molecule has 0 saturated carbocycles. The number of ether oxygens (including phenoxy) is 2. The average molecular weight is 502 g/mol.